The molecule has 2 amide bonds. The lowest BCUT2D eigenvalue weighted by Gasteiger charge is -2.36. The zero-order valence-corrected chi connectivity index (χ0v) is 16.6. The number of hydrogen-bond acceptors (Lipinski definition) is 3. The molecule has 0 radical (unpaired) electrons. The summed E-state index contributed by atoms with van der Waals surface area (Å²) >= 11 is 0. The molecule has 1 aliphatic rings. The molecule has 1 saturated carbocycles. The van der Waals surface area contributed by atoms with Gasteiger partial charge in [-0.1, -0.05) is 13.3 Å². The van der Waals surface area contributed by atoms with Gasteiger partial charge in [-0.25, -0.2) is 0 Å². The van der Waals surface area contributed by atoms with Gasteiger partial charge in [-0.15, -0.1) is 0 Å². The summed E-state index contributed by atoms with van der Waals surface area (Å²) in [6, 6.07) is 4.06. The van der Waals surface area contributed by atoms with Gasteiger partial charge < -0.3 is 19.1 Å². The molecule has 0 saturated heterocycles. The van der Waals surface area contributed by atoms with Crippen molar-refractivity contribution in [2.45, 2.75) is 52.1 Å². The van der Waals surface area contributed by atoms with Gasteiger partial charge in [-0.05, 0) is 38.3 Å². The van der Waals surface area contributed by atoms with Crippen LogP contribution in [0.5, 0.6) is 0 Å². The van der Waals surface area contributed by atoms with Crippen molar-refractivity contribution >= 4 is 11.8 Å². The first-order valence-corrected chi connectivity index (χ1v) is 9.65. The van der Waals surface area contributed by atoms with Crippen molar-refractivity contribution in [2.75, 3.05) is 26.8 Å². The molecule has 1 aromatic rings. The van der Waals surface area contributed by atoms with Gasteiger partial charge in [0.25, 0.3) is 0 Å². The maximum absolute atomic E-state index is 13.0. The SMILES string of the molecule is CC[C@H](C)N(CC(=O)N(CCOC)Cc1cccn1C)C(=O)C1CCC1. The highest BCUT2D eigenvalue weighted by Crippen LogP contribution is 2.29. The summed E-state index contributed by atoms with van der Waals surface area (Å²) in [6.45, 7) is 5.77. The molecule has 1 aromatic heterocycles. The van der Waals surface area contributed by atoms with Crippen LogP contribution in [0.3, 0.4) is 0 Å². The van der Waals surface area contributed by atoms with Crippen LogP contribution in [-0.2, 0) is 27.9 Å². The topological polar surface area (TPSA) is 54.8 Å². The van der Waals surface area contributed by atoms with Crippen molar-refractivity contribution in [3.63, 3.8) is 0 Å². The molecule has 0 N–H and O–H groups in total. The first-order valence-electron chi connectivity index (χ1n) is 9.65. The molecule has 2 rings (SSSR count). The lowest BCUT2D eigenvalue weighted by Crippen LogP contribution is -2.49. The highest BCUT2D eigenvalue weighted by Gasteiger charge is 2.33. The molecule has 6 heteroatoms. The average molecular weight is 364 g/mol. The van der Waals surface area contributed by atoms with Crippen LogP contribution in [0.25, 0.3) is 0 Å². The number of aryl methyl sites for hydroxylation is 1. The number of methoxy groups -OCH3 is 1. The highest BCUT2D eigenvalue weighted by atomic mass is 16.5. The minimum atomic E-state index is -0.0174. The highest BCUT2D eigenvalue weighted by molar-refractivity contribution is 5.86. The normalized spacial score (nSPS) is 15.4. The molecule has 0 aliphatic heterocycles. The Labute approximate surface area is 157 Å². The number of carbonyl (C=O) groups is 2. The van der Waals surface area contributed by atoms with Crippen LogP contribution in [0.2, 0.25) is 0 Å². The summed E-state index contributed by atoms with van der Waals surface area (Å²) in [5, 5.41) is 0. The molecule has 1 aliphatic carbocycles. The predicted octanol–water partition coefficient (Wildman–Crippen LogP) is 2.43. The fourth-order valence-corrected chi connectivity index (χ4v) is 3.16. The summed E-state index contributed by atoms with van der Waals surface area (Å²) in [5.41, 5.74) is 1.06. The fraction of sp³-hybridized carbons (Fsp3) is 0.700. The third-order valence-corrected chi connectivity index (χ3v) is 5.49. The monoisotopic (exact) mass is 363 g/mol. The van der Waals surface area contributed by atoms with Gasteiger partial charge in [0.1, 0.15) is 6.54 Å². The molecule has 0 bridgehead atoms. The van der Waals surface area contributed by atoms with E-state index in [1.807, 2.05) is 36.9 Å². The van der Waals surface area contributed by atoms with Crippen molar-refractivity contribution < 1.29 is 14.3 Å². The lowest BCUT2D eigenvalue weighted by molar-refractivity contribution is -0.147. The third kappa shape index (κ3) is 5.10. The van der Waals surface area contributed by atoms with Gasteiger partial charge >= 0.3 is 0 Å². The van der Waals surface area contributed by atoms with Crippen LogP contribution in [0.4, 0.5) is 0 Å². The number of nitrogens with zero attached hydrogens (tertiary/aromatic N) is 3. The van der Waals surface area contributed by atoms with Crippen LogP contribution in [0.15, 0.2) is 18.3 Å². The number of ether oxygens (including phenoxy) is 1. The van der Waals surface area contributed by atoms with E-state index in [1.165, 1.54) is 0 Å². The maximum atomic E-state index is 13.0. The summed E-state index contributed by atoms with van der Waals surface area (Å²) < 4.78 is 7.19. The van der Waals surface area contributed by atoms with Crippen LogP contribution in [0.1, 0.15) is 45.2 Å². The van der Waals surface area contributed by atoms with E-state index in [1.54, 1.807) is 16.9 Å². The average Bonchev–Trinajstić information content (AvgIpc) is 2.98. The summed E-state index contributed by atoms with van der Waals surface area (Å²) in [5.74, 6) is 0.234. The Morgan fingerprint density at radius 2 is 2.12 bits per heavy atom. The van der Waals surface area contributed by atoms with E-state index in [0.29, 0.717) is 19.7 Å². The first kappa shape index (κ1) is 20.5. The Morgan fingerprint density at radius 3 is 2.62 bits per heavy atom. The van der Waals surface area contributed by atoms with Gasteiger partial charge in [0.15, 0.2) is 0 Å². The zero-order chi connectivity index (χ0) is 19.1. The second-order valence-electron chi connectivity index (χ2n) is 7.27. The summed E-state index contributed by atoms with van der Waals surface area (Å²) in [6.07, 6.45) is 5.85. The fourth-order valence-electron chi connectivity index (χ4n) is 3.16. The molecule has 0 unspecified atom stereocenters. The Bertz CT molecular complexity index is 595. The van der Waals surface area contributed by atoms with Crippen molar-refractivity contribution in [2.24, 2.45) is 13.0 Å². The molecular weight excluding hydrogens is 330 g/mol. The summed E-state index contributed by atoms with van der Waals surface area (Å²) in [7, 11) is 3.61. The number of hydrogen-bond donors (Lipinski definition) is 0. The molecule has 0 aromatic carbocycles. The number of carbonyl (C=O) groups excluding carboxylic acids is 2. The molecule has 6 nitrogen and oxygen atoms in total. The Hall–Kier alpha value is -1.82. The van der Waals surface area contributed by atoms with Crippen molar-refractivity contribution in [3.8, 4) is 0 Å². The van der Waals surface area contributed by atoms with Gasteiger partial charge in [0.2, 0.25) is 11.8 Å². The third-order valence-electron chi connectivity index (χ3n) is 5.49. The second-order valence-corrected chi connectivity index (χ2v) is 7.27. The van der Waals surface area contributed by atoms with E-state index in [4.69, 9.17) is 4.74 Å². The first-order chi connectivity index (χ1) is 12.5. The Morgan fingerprint density at radius 1 is 1.38 bits per heavy atom. The van der Waals surface area contributed by atoms with Crippen molar-refractivity contribution in [3.05, 3.63) is 24.0 Å². The quantitative estimate of drug-likeness (QED) is 0.641. The van der Waals surface area contributed by atoms with Gasteiger partial charge in [-0.2, -0.15) is 0 Å². The van der Waals surface area contributed by atoms with E-state index in [2.05, 4.69) is 6.92 Å². The van der Waals surface area contributed by atoms with Crippen molar-refractivity contribution in [1.82, 2.24) is 14.4 Å². The number of aromatic nitrogens is 1. The maximum Gasteiger partial charge on any atom is 0.242 e. The van der Waals surface area contributed by atoms with Gasteiger partial charge in [0, 0.05) is 44.6 Å². The smallest absolute Gasteiger partial charge is 0.242 e. The molecule has 26 heavy (non-hydrogen) atoms. The van der Waals surface area contributed by atoms with E-state index < -0.39 is 0 Å². The lowest BCUT2D eigenvalue weighted by atomic mass is 9.84. The number of rotatable bonds is 10. The molecule has 1 fully saturated rings. The predicted molar refractivity (Wildman–Crippen MR) is 102 cm³/mol. The van der Waals surface area contributed by atoms with Crippen molar-refractivity contribution in [1.29, 1.82) is 0 Å². The standard InChI is InChI=1S/C20H33N3O3/c1-5-16(2)23(20(25)17-8-6-9-17)15-19(24)22(12-13-26-4)14-18-10-7-11-21(18)3/h7,10-11,16-17H,5-6,8-9,12-15H2,1-4H3/t16-/m0/s1. The van der Waals surface area contributed by atoms with E-state index in [0.717, 1.165) is 31.4 Å². The summed E-state index contributed by atoms with van der Waals surface area (Å²) in [4.78, 5) is 29.4. The molecule has 146 valence electrons. The van der Waals surface area contributed by atoms with E-state index in [-0.39, 0.29) is 30.3 Å². The van der Waals surface area contributed by atoms with Crippen LogP contribution < -0.4 is 0 Å². The van der Waals surface area contributed by atoms with E-state index in [9.17, 15) is 9.59 Å². The van der Waals surface area contributed by atoms with Crippen LogP contribution in [-0.4, -0.2) is 59.0 Å². The molecule has 1 heterocycles. The Kier molecular flexibility index (Phi) is 7.69. The zero-order valence-electron chi connectivity index (χ0n) is 16.6. The minimum absolute atomic E-state index is 0.0174. The van der Waals surface area contributed by atoms with Gasteiger partial charge in [0.05, 0.1) is 13.2 Å². The van der Waals surface area contributed by atoms with E-state index >= 15 is 0 Å². The second kappa shape index (κ2) is 9.76. The molecule has 1 atom stereocenters. The van der Waals surface area contributed by atoms with Crippen LogP contribution in [0, 0.1) is 5.92 Å². The largest absolute Gasteiger partial charge is 0.383 e. The minimum Gasteiger partial charge on any atom is -0.383 e. The number of amides is 2. The van der Waals surface area contributed by atoms with Gasteiger partial charge in [-0.3, -0.25) is 9.59 Å². The van der Waals surface area contributed by atoms with Crippen LogP contribution >= 0.6 is 0 Å². The Balaban J connectivity index is 2.08. The molecular formula is C20H33N3O3. The molecule has 0 spiro atoms.